The van der Waals surface area contributed by atoms with Crippen LogP contribution < -0.4 is 5.32 Å². The molecule has 1 nitrogen and oxygen atoms in total. The molecule has 0 heterocycles. The van der Waals surface area contributed by atoms with Gasteiger partial charge in [0.15, 0.2) is 0 Å². The highest BCUT2D eigenvalue weighted by molar-refractivity contribution is 5.32. The molecule has 4 heteroatoms. The lowest BCUT2D eigenvalue weighted by Gasteiger charge is -2.25. The summed E-state index contributed by atoms with van der Waals surface area (Å²) < 4.78 is 39.2. The number of unbranched alkanes of at least 4 members (excludes halogenated alkanes) is 1. The van der Waals surface area contributed by atoms with Crippen LogP contribution in [0.3, 0.4) is 0 Å². The van der Waals surface area contributed by atoms with Crippen molar-refractivity contribution < 1.29 is 13.2 Å². The first-order valence-corrected chi connectivity index (χ1v) is 7.82. The van der Waals surface area contributed by atoms with Crippen molar-refractivity contribution in [2.24, 2.45) is 0 Å². The molecular formula is C17H26F3N. The third-order valence-electron chi connectivity index (χ3n) is 3.76. The molecule has 1 rings (SSSR count). The van der Waals surface area contributed by atoms with Gasteiger partial charge >= 0.3 is 6.18 Å². The van der Waals surface area contributed by atoms with Crippen molar-refractivity contribution in [1.82, 2.24) is 5.32 Å². The summed E-state index contributed by atoms with van der Waals surface area (Å²) in [4.78, 5) is 0. The van der Waals surface area contributed by atoms with Gasteiger partial charge in [0.1, 0.15) is 0 Å². The van der Waals surface area contributed by atoms with E-state index in [0.717, 1.165) is 38.2 Å². The first-order valence-electron chi connectivity index (χ1n) is 7.82. The minimum Gasteiger partial charge on any atom is -0.307 e. The summed E-state index contributed by atoms with van der Waals surface area (Å²) in [5, 5.41) is 3.38. The van der Waals surface area contributed by atoms with E-state index >= 15 is 0 Å². The van der Waals surface area contributed by atoms with Gasteiger partial charge in [0, 0.05) is 12.1 Å². The van der Waals surface area contributed by atoms with Crippen LogP contribution in [0.15, 0.2) is 24.3 Å². The van der Waals surface area contributed by atoms with Crippen molar-refractivity contribution >= 4 is 0 Å². The average molecular weight is 301 g/mol. The summed E-state index contributed by atoms with van der Waals surface area (Å²) in [5.74, 6) is 0. The Morgan fingerprint density at radius 3 is 2.29 bits per heavy atom. The van der Waals surface area contributed by atoms with Gasteiger partial charge in [0.05, 0.1) is 5.56 Å². The number of nitrogens with one attached hydrogen (secondary N) is 1. The standard InChI is InChI=1S/C17H26F3N/c1-4-6-10-14(9-5-2)21-13(3)15-11-7-8-12-16(15)17(18,19)20/h7-8,11-14,21H,4-6,9-10H2,1-3H3. The number of rotatable bonds is 8. The minimum atomic E-state index is -4.30. The molecule has 0 spiro atoms. The molecule has 0 aliphatic carbocycles. The number of alkyl halides is 3. The predicted octanol–water partition coefficient (Wildman–Crippen LogP) is 5.71. The van der Waals surface area contributed by atoms with Crippen LogP contribution in [0.4, 0.5) is 13.2 Å². The molecule has 0 saturated heterocycles. The summed E-state index contributed by atoms with van der Waals surface area (Å²) in [5.41, 5.74) is -0.196. The molecule has 0 fully saturated rings. The molecule has 21 heavy (non-hydrogen) atoms. The van der Waals surface area contributed by atoms with Gasteiger partial charge in [0.25, 0.3) is 0 Å². The van der Waals surface area contributed by atoms with Crippen LogP contribution in [0.1, 0.15) is 70.0 Å². The Morgan fingerprint density at radius 1 is 1.05 bits per heavy atom. The maximum Gasteiger partial charge on any atom is 0.416 e. The second-order valence-electron chi connectivity index (χ2n) is 5.60. The number of benzene rings is 1. The zero-order chi connectivity index (χ0) is 15.9. The second-order valence-corrected chi connectivity index (χ2v) is 5.60. The Labute approximate surface area is 125 Å². The quantitative estimate of drug-likeness (QED) is 0.648. The summed E-state index contributed by atoms with van der Waals surface area (Å²) in [6, 6.07) is 5.84. The Balaban J connectivity index is 2.84. The fourth-order valence-electron chi connectivity index (χ4n) is 2.69. The first kappa shape index (κ1) is 18.0. The first-order chi connectivity index (χ1) is 9.90. The number of hydrogen-bond acceptors (Lipinski definition) is 1. The van der Waals surface area contributed by atoms with E-state index in [1.54, 1.807) is 12.1 Å². The molecule has 0 aliphatic heterocycles. The molecular weight excluding hydrogens is 275 g/mol. The Bertz CT molecular complexity index is 415. The van der Waals surface area contributed by atoms with Crippen molar-refractivity contribution in [3.8, 4) is 0 Å². The zero-order valence-corrected chi connectivity index (χ0v) is 13.1. The molecule has 0 radical (unpaired) electrons. The molecule has 2 atom stereocenters. The molecule has 0 bridgehead atoms. The summed E-state index contributed by atoms with van der Waals surface area (Å²) in [7, 11) is 0. The van der Waals surface area contributed by atoms with Crippen LogP contribution in [-0.4, -0.2) is 6.04 Å². The molecule has 0 aliphatic rings. The van der Waals surface area contributed by atoms with Crippen LogP contribution in [0, 0.1) is 0 Å². The van der Waals surface area contributed by atoms with Crippen LogP contribution >= 0.6 is 0 Å². The van der Waals surface area contributed by atoms with E-state index in [1.165, 1.54) is 6.07 Å². The molecule has 0 amide bonds. The number of halogens is 3. The van der Waals surface area contributed by atoms with Gasteiger partial charge in [-0.1, -0.05) is 51.3 Å². The van der Waals surface area contributed by atoms with Crippen molar-refractivity contribution in [1.29, 1.82) is 0 Å². The van der Waals surface area contributed by atoms with E-state index in [-0.39, 0.29) is 12.1 Å². The lowest BCUT2D eigenvalue weighted by molar-refractivity contribution is -0.138. The van der Waals surface area contributed by atoms with Crippen molar-refractivity contribution in [3.63, 3.8) is 0 Å². The van der Waals surface area contributed by atoms with Crippen LogP contribution in [0.2, 0.25) is 0 Å². The lowest BCUT2D eigenvalue weighted by Crippen LogP contribution is -2.32. The fraction of sp³-hybridized carbons (Fsp3) is 0.647. The van der Waals surface area contributed by atoms with Gasteiger partial charge in [-0.2, -0.15) is 13.2 Å². The molecule has 0 saturated carbocycles. The summed E-state index contributed by atoms with van der Waals surface area (Å²) >= 11 is 0. The molecule has 1 aromatic carbocycles. The maximum absolute atomic E-state index is 13.1. The van der Waals surface area contributed by atoms with E-state index < -0.39 is 11.7 Å². The summed E-state index contributed by atoms with van der Waals surface area (Å²) in [6.07, 6.45) is 0.966. The highest BCUT2D eigenvalue weighted by atomic mass is 19.4. The smallest absolute Gasteiger partial charge is 0.307 e. The third-order valence-corrected chi connectivity index (χ3v) is 3.76. The van der Waals surface area contributed by atoms with Gasteiger partial charge in [-0.15, -0.1) is 0 Å². The van der Waals surface area contributed by atoms with Crippen molar-refractivity contribution in [2.75, 3.05) is 0 Å². The normalized spacial score (nSPS) is 15.0. The van der Waals surface area contributed by atoms with Crippen LogP contribution in [0.25, 0.3) is 0 Å². The minimum absolute atomic E-state index is 0.284. The van der Waals surface area contributed by atoms with Gasteiger partial charge in [-0.3, -0.25) is 0 Å². The molecule has 2 unspecified atom stereocenters. The van der Waals surface area contributed by atoms with Crippen LogP contribution in [-0.2, 0) is 6.18 Å². The maximum atomic E-state index is 13.1. The van der Waals surface area contributed by atoms with Gasteiger partial charge in [-0.25, -0.2) is 0 Å². The summed E-state index contributed by atoms with van der Waals surface area (Å²) in [6.45, 7) is 6.06. The van der Waals surface area contributed by atoms with Crippen molar-refractivity contribution in [3.05, 3.63) is 35.4 Å². The zero-order valence-electron chi connectivity index (χ0n) is 13.1. The highest BCUT2D eigenvalue weighted by Gasteiger charge is 2.34. The van der Waals surface area contributed by atoms with E-state index in [4.69, 9.17) is 0 Å². The molecule has 0 aromatic heterocycles. The third kappa shape index (κ3) is 5.70. The largest absolute Gasteiger partial charge is 0.416 e. The van der Waals surface area contributed by atoms with Crippen molar-refractivity contribution in [2.45, 2.75) is 71.1 Å². The Morgan fingerprint density at radius 2 is 1.71 bits per heavy atom. The van der Waals surface area contributed by atoms with Crippen LogP contribution in [0.5, 0.6) is 0 Å². The molecule has 1 N–H and O–H groups in total. The number of hydrogen-bond donors (Lipinski definition) is 1. The van der Waals surface area contributed by atoms with Gasteiger partial charge in [0.2, 0.25) is 0 Å². The van der Waals surface area contributed by atoms with E-state index in [9.17, 15) is 13.2 Å². The lowest BCUT2D eigenvalue weighted by atomic mass is 9.98. The SMILES string of the molecule is CCCCC(CCC)NC(C)c1ccccc1C(F)(F)F. The van der Waals surface area contributed by atoms with E-state index in [1.807, 2.05) is 6.92 Å². The predicted molar refractivity (Wildman–Crippen MR) is 81.2 cm³/mol. The van der Waals surface area contributed by atoms with Gasteiger partial charge < -0.3 is 5.32 Å². The fourth-order valence-corrected chi connectivity index (χ4v) is 2.69. The topological polar surface area (TPSA) is 12.0 Å². The monoisotopic (exact) mass is 301 g/mol. The van der Waals surface area contributed by atoms with E-state index in [2.05, 4.69) is 19.2 Å². The molecule has 1 aromatic rings. The average Bonchev–Trinajstić information content (AvgIpc) is 2.44. The Kier molecular flexibility index (Phi) is 7.23. The Hall–Kier alpha value is -1.03. The molecule has 120 valence electrons. The highest BCUT2D eigenvalue weighted by Crippen LogP contribution is 2.34. The second kappa shape index (κ2) is 8.42. The van der Waals surface area contributed by atoms with Gasteiger partial charge in [-0.05, 0) is 31.4 Å². The van der Waals surface area contributed by atoms with E-state index in [0.29, 0.717) is 5.56 Å².